The summed E-state index contributed by atoms with van der Waals surface area (Å²) in [5.41, 5.74) is 4.65. The van der Waals surface area contributed by atoms with Gasteiger partial charge in [0.1, 0.15) is 0 Å². The maximum atomic E-state index is 14.0. The number of para-hydroxylation sites is 2. The molecule has 0 aliphatic rings. The number of aromatic nitrogens is 1. The van der Waals surface area contributed by atoms with Crippen LogP contribution < -0.4 is 9.62 Å². The number of sulfonamides is 1. The highest BCUT2D eigenvalue weighted by Crippen LogP contribution is 2.36. The number of carbonyl (C=O) groups is 1. The number of aryl methyl sites for hydroxylation is 3. The van der Waals surface area contributed by atoms with Crippen molar-refractivity contribution < 1.29 is 13.2 Å². The largest absolute Gasteiger partial charge is 0.280 e. The van der Waals surface area contributed by atoms with Crippen molar-refractivity contribution in [3.8, 4) is 0 Å². The van der Waals surface area contributed by atoms with Crippen LogP contribution in [0.2, 0.25) is 0 Å². The van der Waals surface area contributed by atoms with E-state index < -0.39 is 10.0 Å². The first kappa shape index (κ1) is 24.7. The lowest BCUT2D eigenvalue weighted by atomic mass is 10.1. The van der Waals surface area contributed by atoms with E-state index in [4.69, 9.17) is 4.98 Å². The Kier molecular flexibility index (Phi) is 6.54. The second kappa shape index (κ2) is 9.80. The number of anilines is 3. The molecule has 37 heavy (non-hydrogen) atoms. The van der Waals surface area contributed by atoms with Crippen molar-refractivity contribution in [2.45, 2.75) is 25.7 Å². The van der Waals surface area contributed by atoms with Gasteiger partial charge >= 0.3 is 0 Å². The summed E-state index contributed by atoms with van der Waals surface area (Å²) in [5, 5.41) is 0.517. The molecule has 6 nitrogen and oxygen atoms in total. The molecule has 0 aliphatic heterocycles. The summed E-state index contributed by atoms with van der Waals surface area (Å²) in [6.07, 6.45) is 0. The summed E-state index contributed by atoms with van der Waals surface area (Å²) in [5.74, 6) is -0.361. The third kappa shape index (κ3) is 4.98. The Morgan fingerprint density at radius 2 is 1.54 bits per heavy atom. The van der Waals surface area contributed by atoms with E-state index in [1.807, 2.05) is 74.5 Å². The molecule has 1 amide bonds. The van der Waals surface area contributed by atoms with Crippen LogP contribution in [0.1, 0.15) is 27.0 Å². The molecule has 0 fully saturated rings. The van der Waals surface area contributed by atoms with Gasteiger partial charge in [0.2, 0.25) is 0 Å². The van der Waals surface area contributed by atoms with E-state index in [1.54, 1.807) is 36.1 Å². The van der Waals surface area contributed by atoms with Crippen molar-refractivity contribution in [2.24, 2.45) is 0 Å². The third-order valence-corrected chi connectivity index (χ3v) is 8.61. The lowest BCUT2D eigenvalue weighted by Crippen LogP contribution is -2.27. The Hall–Kier alpha value is -4.01. The minimum atomic E-state index is -3.93. The Morgan fingerprint density at radius 1 is 0.838 bits per heavy atom. The van der Waals surface area contributed by atoms with Gasteiger partial charge in [0.05, 0.1) is 20.8 Å². The van der Waals surface area contributed by atoms with Gasteiger partial charge in [0.25, 0.3) is 15.9 Å². The van der Waals surface area contributed by atoms with Crippen LogP contribution in [0.25, 0.3) is 10.2 Å². The second-order valence-electron chi connectivity index (χ2n) is 8.84. The molecule has 0 saturated heterocycles. The smallest absolute Gasteiger partial charge is 0.264 e. The number of carbonyl (C=O) groups excluding carboxylic acids is 1. The monoisotopic (exact) mass is 527 g/mol. The molecule has 0 bridgehead atoms. The van der Waals surface area contributed by atoms with Crippen LogP contribution in [0.4, 0.5) is 16.5 Å². The van der Waals surface area contributed by atoms with Crippen LogP contribution in [0.15, 0.2) is 95.9 Å². The molecule has 1 aromatic heterocycles. The van der Waals surface area contributed by atoms with Crippen molar-refractivity contribution in [3.05, 3.63) is 113 Å². The predicted molar refractivity (Wildman–Crippen MR) is 150 cm³/mol. The van der Waals surface area contributed by atoms with E-state index in [0.717, 1.165) is 21.3 Å². The van der Waals surface area contributed by atoms with E-state index in [2.05, 4.69) is 4.72 Å². The predicted octanol–water partition coefficient (Wildman–Crippen LogP) is 7.00. The van der Waals surface area contributed by atoms with E-state index in [0.29, 0.717) is 22.1 Å². The molecule has 0 saturated carbocycles. The molecule has 0 atom stereocenters. The minimum absolute atomic E-state index is 0.0490. The quantitative estimate of drug-likeness (QED) is 0.258. The molecule has 1 heterocycles. The molecule has 0 radical (unpaired) electrons. The number of nitrogens with one attached hydrogen (secondary N) is 1. The Labute approximate surface area is 220 Å². The normalized spacial score (nSPS) is 11.4. The van der Waals surface area contributed by atoms with E-state index in [1.165, 1.54) is 17.4 Å². The lowest BCUT2D eigenvalue weighted by Gasteiger charge is -2.22. The zero-order valence-electron chi connectivity index (χ0n) is 20.6. The van der Waals surface area contributed by atoms with Crippen molar-refractivity contribution in [1.82, 2.24) is 4.98 Å². The molecule has 0 unspecified atom stereocenters. The summed E-state index contributed by atoms with van der Waals surface area (Å²) in [6, 6.07) is 27.1. The number of fused-ring (bicyclic) bond motifs is 1. The molecule has 0 aliphatic carbocycles. The Balaban J connectivity index is 1.58. The first-order chi connectivity index (χ1) is 17.7. The zero-order chi connectivity index (χ0) is 26.2. The fraction of sp³-hybridized carbons (Fsp3) is 0.103. The molecule has 5 rings (SSSR count). The maximum Gasteiger partial charge on any atom is 0.264 e. The summed E-state index contributed by atoms with van der Waals surface area (Å²) in [6.45, 7) is 5.58. The van der Waals surface area contributed by atoms with Crippen LogP contribution in [0, 0.1) is 20.8 Å². The number of nitrogens with zero attached hydrogens (tertiary/aromatic N) is 2. The third-order valence-electron chi connectivity index (χ3n) is 6.06. The summed E-state index contributed by atoms with van der Waals surface area (Å²) < 4.78 is 30.2. The van der Waals surface area contributed by atoms with Crippen LogP contribution in [-0.4, -0.2) is 19.3 Å². The Bertz CT molecular complexity index is 1690. The van der Waals surface area contributed by atoms with Crippen LogP contribution in [0.3, 0.4) is 0 Å². The number of thiazole rings is 1. The van der Waals surface area contributed by atoms with Gasteiger partial charge < -0.3 is 0 Å². The van der Waals surface area contributed by atoms with Gasteiger partial charge in [-0.15, -0.1) is 0 Å². The molecule has 8 heteroatoms. The summed E-state index contributed by atoms with van der Waals surface area (Å²) in [4.78, 5) is 20.4. The number of hydrogen-bond acceptors (Lipinski definition) is 5. The highest BCUT2D eigenvalue weighted by Gasteiger charge is 2.27. The van der Waals surface area contributed by atoms with Crippen LogP contribution >= 0.6 is 11.3 Å². The minimum Gasteiger partial charge on any atom is -0.280 e. The number of rotatable bonds is 6. The molecular formula is C29H25N3O3S2. The van der Waals surface area contributed by atoms with Gasteiger partial charge in [-0.25, -0.2) is 13.4 Å². The molecule has 1 N–H and O–H groups in total. The fourth-order valence-corrected chi connectivity index (χ4v) is 6.36. The van der Waals surface area contributed by atoms with Crippen LogP contribution in [-0.2, 0) is 10.0 Å². The summed E-state index contributed by atoms with van der Waals surface area (Å²) in [7, 11) is -3.93. The number of amides is 1. The van der Waals surface area contributed by atoms with E-state index in [9.17, 15) is 13.2 Å². The highest BCUT2D eigenvalue weighted by molar-refractivity contribution is 7.92. The highest BCUT2D eigenvalue weighted by atomic mass is 32.2. The standard InChI is InChI=1S/C29H25N3O3S2/c1-19-12-16-23(17-13-19)31-37(34,35)27-18-22(15-14-21(27)3)28(33)32(25-10-6-4-8-20(25)2)29-30-24-9-5-7-11-26(24)36-29/h4-18,31H,1-3H3. The topological polar surface area (TPSA) is 79.4 Å². The average molecular weight is 528 g/mol. The molecule has 186 valence electrons. The van der Waals surface area contributed by atoms with E-state index >= 15 is 0 Å². The second-order valence-corrected chi connectivity index (χ2v) is 11.5. The van der Waals surface area contributed by atoms with Crippen molar-refractivity contribution in [1.29, 1.82) is 0 Å². The van der Waals surface area contributed by atoms with Gasteiger partial charge in [-0.3, -0.25) is 14.4 Å². The van der Waals surface area contributed by atoms with Gasteiger partial charge in [-0.05, 0) is 74.4 Å². The average Bonchev–Trinajstić information content (AvgIpc) is 3.30. The molecule has 4 aromatic carbocycles. The van der Waals surface area contributed by atoms with Gasteiger partial charge in [0.15, 0.2) is 5.13 Å². The number of hydrogen-bond donors (Lipinski definition) is 1. The van der Waals surface area contributed by atoms with Crippen LogP contribution in [0.5, 0.6) is 0 Å². The fourth-order valence-electron chi connectivity index (χ4n) is 4.05. The molecule has 0 spiro atoms. The van der Waals surface area contributed by atoms with Crippen molar-refractivity contribution >= 4 is 54.0 Å². The first-order valence-electron chi connectivity index (χ1n) is 11.7. The van der Waals surface area contributed by atoms with Crippen molar-refractivity contribution in [3.63, 3.8) is 0 Å². The SMILES string of the molecule is Cc1ccc(NS(=O)(=O)c2cc(C(=O)N(c3nc4ccccc4s3)c3ccccc3C)ccc2C)cc1. The van der Waals surface area contributed by atoms with Gasteiger partial charge in [-0.1, -0.05) is 65.4 Å². The molecule has 5 aromatic rings. The lowest BCUT2D eigenvalue weighted by molar-refractivity contribution is 0.0999. The maximum absolute atomic E-state index is 14.0. The molecular weight excluding hydrogens is 502 g/mol. The number of benzene rings is 4. The Morgan fingerprint density at radius 3 is 2.27 bits per heavy atom. The van der Waals surface area contributed by atoms with Gasteiger partial charge in [0, 0.05) is 11.3 Å². The van der Waals surface area contributed by atoms with E-state index in [-0.39, 0.29) is 16.4 Å². The van der Waals surface area contributed by atoms with Gasteiger partial charge in [-0.2, -0.15) is 0 Å². The van der Waals surface area contributed by atoms with Crippen molar-refractivity contribution in [2.75, 3.05) is 9.62 Å². The first-order valence-corrected chi connectivity index (χ1v) is 14.0. The zero-order valence-corrected chi connectivity index (χ0v) is 22.2. The summed E-state index contributed by atoms with van der Waals surface area (Å²) >= 11 is 1.41.